The van der Waals surface area contributed by atoms with E-state index in [2.05, 4.69) is 19.6 Å². The molecule has 0 saturated carbocycles. The van der Waals surface area contributed by atoms with Crippen LogP contribution in [0.3, 0.4) is 0 Å². The quantitative estimate of drug-likeness (QED) is 0.596. The highest BCUT2D eigenvalue weighted by Gasteiger charge is 2.38. The second kappa shape index (κ2) is 7.78. The number of benzene rings is 1. The monoisotopic (exact) mass is 395 g/mol. The van der Waals surface area contributed by atoms with Gasteiger partial charge in [0.2, 0.25) is 5.82 Å². The Morgan fingerprint density at radius 1 is 1.11 bits per heavy atom. The molecule has 10 heteroatoms. The molecule has 27 heavy (non-hydrogen) atoms. The van der Waals surface area contributed by atoms with E-state index in [1.165, 1.54) is 18.3 Å². The van der Waals surface area contributed by atoms with Gasteiger partial charge in [0, 0.05) is 28.3 Å². The Kier molecular flexibility index (Phi) is 5.45. The second-order valence-corrected chi connectivity index (χ2v) is 6.95. The van der Waals surface area contributed by atoms with Gasteiger partial charge in [-0.15, -0.1) is 0 Å². The van der Waals surface area contributed by atoms with E-state index < -0.39 is 28.6 Å². The number of hydrogen-bond acceptors (Lipinski definition) is 6. The molecule has 0 saturated heterocycles. The largest absolute Gasteiger partial charge is 0.471 e. The van der Waals surface area contributed by atoms with Crippen molar-refractivity contribution in [1.82, 2.24) is 15.1 Å². The first-order valence-corrected chi connectivity index (χ1v) is 9.11. The number of carbonyl (C=O) groups is 1. The fourth-order valence-electron chi connectivity index (χ4n) is 2.18. The van der Waals surface area contributed by atoms with Crippen LogP contribution in [-0.2, 0) is 22.7 Å². The summed E-state index contributed by atoms with van der Waals surface area (Å²) in [6.45, 7) is 0. The van der Waals surface area contributed by atoms with Crippen LogP contribution in [0.25, 0.3) is 11.4 Å². The van der Waals surface area contributed by atoms with E-state index in [4.69, 9.17) is 0 Å². The van der Waals surface area contributed by atoms with Crippen LogP contribution in [0, 0.1) is 0 Å². The fourth-order valence-corrected chi connectivity index (χ4v) is 3.28. The normalized spacial score (nSPS) is 12.7. The van der Waals surface area contributed by atoms with Crippen LogP contribution in [-0.4, -0.2) is 30.9 Å². The lowest BCUT2D eigenvalue weighted by molar-refractivity contribution is -0.159. The van der Waals surface area contributed by atoms with Gasteiger partial charge < -0.3 is 4.52 Å². The number of nitrogens with zero attached hydrogens (tertiary/aromatic N) is 3. The molecule has 0 aliphatic heterocycles. The molecule has 0 spiro atoms. The van der Waals surface area contributed by atoms with E-state index in [1.807, 2.05) is 30.3 Å². The summed E-state index contributed by atoms with van der Waals surface area (Å²) in [5.41, 5.74) is 1.07. The topological polar surface area (TPSA) is 86.0 Å². The molecule has 1 aromatic carbocycles. The van der Waals surface area contributed by atoms with Gasteiger partial charge in [-0.3, -0.25) is 14.0 Å². The summed E-state index contributed by atoms with van der Waals surface area (Å²) in [7, 11) is -1.40. The highest BCUT2D eigenvalue weighted by atomic mass is 32.2. The minimum Gasteiger partial charge on any atom is -0.329 e. The Labute approximate surface area is 153 Å². The Balaban J connectivity index is 1.65. The van der Waals surface area contributed by atoms with Crippen LogP contribution in [0.4, 0.5) is 13.2 Å². The lowest BCUT2D eigenvalue weighted by Crippen LogP contribution is -2.13. The molecule has 0 bridgehead atoms. The lowest BCUT2D eigenvalue weighted by atomic mass is 10.2. The minimum atomic E-state index is -4.74. The van der Waals surface area contributed by atoms with Crippen LogP contribution in [0.2, 0.25) is 0 Å². The standard InChI is InChI=1S/C17H12F3N3O3S/c18-17(19,20)16-22-15(23-26-16)12-6-7-13(21-8-12)14(24)10-27(25)9-11-4-2-1-3-5-11/h1-8H,9-10H2. The van der Waals surface area contributed by atoms with E-state index in [0.717, 1.165) is 5.56 Å². The van der Waals surface area contributed by atoms with Crippen LogP contribution < -0.4 is 0 Å². The summed E-state index contributed by atoms with van der Waals surface area (Å²) in [6.07, 6.45) is -3.57. The van der Waals surface area contributed by atoms with Crippen LogP contribution in [0.15, 0.2) is 53.2 Å². The molecule has 0 amide bonds. The van der Waals surface area contributed by atoms with Crippen molar-refractivity contribution in [2.24, 2.45) is 0 Å². The SMILES string of the molecule is O=C(CS(=O)Cc1ccccc1)c1ccc(-c2noc(C(F)(F)F)n2)cn1. The number of ketones is 1. The highest BCUT2D eigenvalue weighted by molar-refractivity contribution is 7.85. The molecule has 140 valence electrons. The van der Waals surface area contributed by atoms with Gasteiger partial charge in [0.25, 0.3) is 0 Å². The van der Waals surface area contributed by atoms with Crippen molar-refractivity contribution in [1.29, 1.82) is 0 Å². The van der Waals surface area contributed by atoms with E-state index in [1.54, 1.807) is 0 Å². The number of hydrogen-bond donors (Lipinski definition) is 0. The van der Waals surface area contributed by atoms with Crippen molar-refractivity contribution < 1.29 is 26.7 Å². The molecule has 2 heterocycles. The van der Waals surface area contributed by atoms with Crippen molar-refractivity contribution in [3.8, 4) is 11.4 Å². The number of alkyl halides is 3. The summed E-state index contributed by atoms with van der Waals surface area (Å²) in [4.78, 5) is 19.3. The van der Waals surface area contributed by atoms with Crippen molar-refractivity contribution >= 4 is 16.6 Å². The summed E-state index contributed by atoms with van der Waals surface area (Å²) in [5, 5.41) is 3.24. The van der Waals surface area contributed by atoms with E-state index in [-0.39, 0.29) is 28.6 Å². The molecule has 2 aromatic heterocycles. The highest BCUT2D eigenvalue weighted by Crippen LogP contribution is 2.29. The summed E-state index contributed by atoms with van der Waals surface area (Å²) in [6, 6.07) is 11.8. The number of pyridine rings is 1. The molecular weight excluding hydrogens is 383 g/mol. The van der Waals surface area contributed by atoms with Gasteiger partial charge in [-0.2, -0.15) is 18.2 Å². The first-order chi connectivity index (χ1) is 12.8. The number of carbonyl (C=O) groups excluding carboxylic acids is 1. The van der Waals surface area contributed by atoms with E-state index in [9.17, 15) is 22.2 Å². The third kappa shape index (κ3) is 4.85. The Morgan fingerprint density at radius 3 is 2.44 bits per heavy atom. The maximum Gasteiger partial charge on any atom is 0.471 e. The maximum absolute atomic E-state index is 12.5. The van der Waals surface area contributed by atoms with Crippen molar-refractivity contribution in [2.45, 2.75) is 11.9 Å². The molecule has 0 aliphatic carbocycles. The van der Waals surface area contributed by atoms with Crippen molar-refractivity contribution in [3.63, 3.8) is 0 Å². The Morgan fingerprint density at radius 2 is 1.85 bits per heavy atom. The first kappa shape index (κ1) is 18.9. The molecule has 0 aliphatic rings. The van der Waals surface area contributed by atoms with Gasteiger partial charge in [0.15, 0.2) is 5.78 Å². The molecular formula is C17H12F3N3O3S. The average Bonchev–Trinajstić information content (AvgIpc) is 3.13. The molecule has 0 radical (unpaired) electrons. The third-order valence-corrected chi connectivity index (χ3v) is 4.68. The summed E-state index contributed by atoms with van der Waals surface area (Å²) >= 11 is 0. The molecule has 1 atom stereocenters. The third-order valence-electron chi connectivity index (χ3n) is 3.44. The van der Waals surface area contributed by atoms with Gasteiger partial charge in [-0.1, -0.05) is 35.5 Å². The Bertz CT molecular complexity index is 957. The molecule has 3 rings (SSSR count). The number of Topliss-reactive ketones (excluding diaryl/α,β-unsaturated/α-hetero) is 1. The van der Waals surface area contributed by atoms with Crippen LogP contribution in [0.1, 0.15) is 21.9 Å². The Hall–Kier alpha value is -2.88. The number of halogens is 3. The number of rotatable bonds is 6. The van der Waals surface area contributed by atoms with Gasteiger partial charge in [-0.05, 0) is 17.7 Å². The fraction of sp³-hybridized carbons (Fsp3) is 0.176. The zero-order valence-corrected chi connectivity index (χ0v) is 14.5. The lowest BCUT2D eigenvalue weighted by Gasteiger charge is -2.03. The van der Waals surface area contributed by atoms with E-state index >= 15 is 0 Å². The van der Waals surface area contributed by atoms with Gasteiger partial charge in [0.05, 0.1) is 5.75 Å². The molecule has 6 nitrogen and oxygen atoms in total. The van der Waals surface area contributed by atoms with Gasteiger partial charge >= 0.3 is 12.1 Å². The average molecular weight is 395 g/mol. The van der Waals surface area contributed by atoms with Crippen molar-refractivity contribution in [3.05, 3.63) is 65.8 Å². The second-order valence-electron chi connectivity index (χ2n) is 5.49. The van der Waals surface area contributed by atoms with Crippen LogP contribution in [0.5, 0.6) is 0 Å². The predicted octanol–water partition coefficient (Wildman–Crippen LogP) is 3.28. The number of aromatic nitrogens is 3. The zero-order chi connectivity index (χ0) is 19.4. The maximum atomic E-state index is 12.5. The summed E-state index contributed by atoms with van der Waals surface area (Å²) < 4.78 is 53.7. The van der Waals surface area contributed by atoms with Gasteiger partial charge in [0.1, 0.15) is 5.69 Å². The molecule has 0 N–H and O–H groups in total. The van der Waals surface area contributed by atoms with Crippen LogP contribution >= 0.6 is 0 Å². The summed E-state index contributed by atoms with van der Waals surface area (Å²) in [5.74, 6) is -2.15. The molecule has 3 aromatic rings. The van der Waals surface area contributed by atoms with E-state index in [0.29, 0.717) is 0 Å². The minimum absolute atomic E-state index is 0.0553. The van der Waals surface area contributed by atoms with Gasteiger partial charge in [-0.25, -0.2) is 0 Å². The zero-order valence-electron chi connectivity index (χ0n) is 13.6. The molecule has 1 unspecified atom stereocenters. The predicted molar refractivity (Wildman–Crippen MR) is 90.0 cm³/mol. The van der Waals surface area contributed by atoms with Crippen molar-refractivity contribution in [2.75, 3.05) is 5.75 Å². The first-order valence-electron chi connectivity index (χ1n) is 7.62. The smallest absolute Gasteiger partial charge is 0.329 e. The molecule has 0 fully saturated rings.